The van der Waals surface area contributed by atoms with Gasteiger partial charge in [-0.2, -0.15) is 0 Å². The highest BCUT2D eigenvalue weighted by molar-refractivity contribution is 5.95. The molecule has 2 aliphatic carbocycles. The maximum Gasteiger partial charge on any atom is 0.229 e. The molecule has 5 heteroatoms. The largest absolute Gasteiger partial charge is 0.326 e. The molecule has 2 aliphatic rings. The number of carbonyl (C=O) groups excluding carboxylic acids is 2. The molecule has 2 unspecified atom stereocenters. The van der Waals surface area contributed by atoms with Gasteiger partial charge in [-0.1, -0.05) is 45.9 Å². The minimum atomic E-state index is 0.0578. The van der Waals surface area contributed by atoms with Gasteiger partial charge in [-0.25, -0.2) is 4.98 Å². The highest BCUT2D eigenvalue weighted by Crippen LogP contribution is 2.52. The van der Waals surface area contributed by atoms with E-state index >= 15 is 0 Å². The second-order valence-corrected chi connectivity index (χ2v) is 9.89. The Morgan fingerprint density at radius 3 is 1.86 bits per heavy atom. The topological polar surface area (TPSA) is 71.1 Å². The lowest BCUT2D eigenvalue weighted by Crippen LogP contribution is -2.17. The smallest absolute Gasteiger partial charge is 0.229 e. The molecule has 2 atom stereocenters. The molecule has 2 N–H and O–H groups in total. The van der Waals surface area contributed by atoms with Gasteiger partial charge in [-0.3, -0.25) is 9.59 Å². The lowest BCUT2D eigenvalue weighted by atomic mass is 10.1. The summed E-state index contributed by atoms with van der Waals surface area (Å²) in [4.78, 5) is 28.8. The number of hydrogen-bond acceptors (Lipinski definition) is 3. The van der Waals surface area contributed by atoms with Crippen LogP contribution < -0.4 is 10.6 Å². The Kier molecular flexibility index (Phi) is 4.72. The van der Waals surface area contributed by atoms with Gasteiger partial charge >= 0.3 is 0 Å². The van der Waals surface area contributed by atoms with Crippen LogP contribution in [0.1, 0.15) is 51.7 Å². The van der Waals surface area contributed by atoms with Crippen molar-refractivity contribution >= 4 is 23.3 Å². The van der Waals surface area contributed by atoms with Gasteiger partial charge in [0.05, 0.1) is 0 Å². The number of carbonyl (C=O) groups is 2. The molecule has 2 fully saturated rings. The van der Waals surface area contributed by atoms with Crippen molar-refractivity contribution < 1.29 is 9.59 Å². The first-order valence-corrected chi connectivity index (χ1v) is 10.3. The van der Waals surface area contributed by atoms with Crippen LogP contribution in [0.3, 0.4) is 0 Å². The SMILES string of the molecule is CC1(C)CC1C(=O)Nc1ccc(Cc2ccc(NC(=O)C3CC3(C)C)nc2)cc1. The van der Waals surface area contributed by atoms with Gasteiger partial charge in [0.1, 0.15) is 5.82 Å². The monoisotopic (exact) mass is 391 g/mol. The van der Waals surface area contributed by atoms with Crippen molar-refractivity contribution in [1.29, 1.82) is 0 Å². The van der Waals surface area contributed by atoms with Gasteiger partial charge in [0, 0.05) is 23.7 Å². The number of rotatable bonds is 6. The van der Waals surface area contributed by atoms with Crippen LogP contribution in [0, 0.1) is 22.7 Å². The van der Waals surface area contributed by atoms with Gasteiger partial charge < -0.3 is 10.6 Å². The van der Waals surface area contributed by atoms with Crippen molar-refractivity contribution in [3.63, 3.8) is 0 Å². The Labute approximate surface area is 172 Å². The van der Waals surface area contributed by atoms with Crippen LogP contribution in [-0.4, -0.2) is 16.8 Å². The highest BCUT2D eigenvalue weighted by Gasteiger charge is 2.51. The van der Waals surface area contributed by atoms with Crippen LogP contribution in [0.25, 0.3) is 0 Å². The lowest BCUT2D eigenvalue weighted by Gasteiger charge is -2.09. The maximum atomic E-state index is 12.2. The third-order valence-electron chi connectivity index (χ3n) is 6.37. The van der Waals surface area contributed by atoms with Gasteiger partial charge in [-0.05, 0) is 59.4 Å². The molecular weight excluding hydrogens is 362 g/mol. The van der Waals surface area contributed by atoms with Crippen LogP contribution in [0.2, 0.25) is 0 Å². The van der Waals surface area contributed by atoms with Crippen LogP contribution in [-0.2, 0) is 16.0 Å². The van der Waals surface area contributed by atoms with E-state index in [0.29, 0.717) is 5.82 Å². The fourth-order valence-electron chi connectivity index (χ4n) is 3.82. The maximum absolute atomic E-state index is 12.2. The lowest BCUT2D eigenvalue weighted by molar-refractivity contribution is -0.118. The van der Waals surface area contributed by atoms with Crippen LogP contribution in [0.15, 0.2) is 42.6 Å². The molecule has 5 nitrogen and oxygen atoms in total. The fraction of sp³-hybridized carbons (Fsp3) is 0.458. The molecule has 1 aromatic carbocycles. The van der Waals surface area contributed by atoms with E-state index in [1.807, 2.05) is 36.4 Å². The zero-order valence-electron chi connectivity index (χ0n) is 17.6. The predicted molar refractivity (Wildman–Crippen MR) is 115 cm³/mol. The zero-order valence-corrected chi connectivity index (χ0v) is 17.6. The number of nitrogens with zero attached hydrogens (tertiary/aromatic N) is 1. The molecule has 4 rings (SSSR count). The number of nitrogens with one attached hydrogen (secondary N) is 2. The summed E-state index contributed by atoms with van der Waals surface area (Å²) in [7, 11) is 0. The molecular formula is C24H29N3O2. The third kappa shape index (κ3) is 4.50. The van der Waals surface area contributed by atoms with Gasteiger partial charge in [0.15, 0.2) is 0 Å². The molecule has 0 bridgehead atoms. The average molecular weight is 392 g/mol. The Hall–Kier alpha value is -2.69. The van der Waals surface area contributed by atoms with E-state index in [2.05, 4.69) is 43.3 Å². The number of benzene rings is 1. The molecule has 0 spiro atoms. The summed E-state index contributed by atoms with van der Waals surface area (Å²) in [6, 6.07) is 11.8. The van der Waals surface area contributed by atoms with Crippen LogP contribution in [0.4, 0.5) is 11.5 Å². The standard InChI is InChI=1S/C24H29N3O2/c1-23(2)12-18(23)21(28)26-17-8-5-15(6-9-17)11-16-7-10-20(25-14-16)27-22(29)19-13-24(19,3)4/h5-10,14,18-19H,11-13H2,1-4H3,(H,26,28)(H,25,27,29). The first-order valence-electron chi connectivity index (χ1n) is 10.3. The van der Waals surface area contributed by atoms with Crippen molar-refractivity contribution in [2.75, 3.05) is 10.6 Å². The Morgan fingerprint density at radius 2 is 1.38 bits per heavy atom. The van der Waals surface area contributed by atoms with E-state index in [0.717, 1.165) is 36.1 Å². The quantitative estimate of drug-likeness (QED) is 0.753. The number of aromatic nitrogens is 1. The minimum Gasteiger partial charge on any atom is -0.326 e. The van der Waals surface area contributed by atoms with Crippen LogP contribution >= 0.6 is 0 Å². The van der Waals surface area contributed by atoms with E-state index in [1.165, 1.54) is 0 Å². The number of amides is 2. The normalized spacial score (nSPS) is 23.2. The molecule has 0 saturated heterocycles. The zero-order chi connectivity index (χ0) is 20.8. The molecule has 2 amide bonds. The Balaban J connectivity index is 1.30. The van der Waals surface area contributed by atoms with E-state index in [-0.39, 0.29) is 34.5 Å². The summed E-state index contributed by atoms with van der Waals surface area (Å²) in [5.74, 6) is 0.983. The van der Waals surface area contributed by atoms with E-state index in [9.17, 15) is 9.59 Å². The summed E-state index contributed by atoms with van der Waals surface area (Å²) in [6.45, 7) is 8.46. The van der Waals surface area contributed by atoms with Gasteiger partial charge in [-0.15, -0.1) is 0 Å². The van der Waals surface area contributed by atoms with Crippen molar-refractivity contribution in [3.05, 3.63) is 53.7 Å². The van der Waals surface area contributed by atoms with Gasteiger partial charge in [0.25, 0.3) is 0 Å². The molecule has 1 aromatic heterocycles. The predicted octanol–water partition coefficient (Wildman–Crippen LogP) is 4.64. The second kappa shape index (κ2) is 6.97. The molecule has 29 heavy (non-hydrogen) atoms. The van der Waals surface area contributed by atoms with E-state index in [4.69, 9.17) is 0 Å². The summed E-state index contributed by atoms with van der Waals surface area (Å²) >= 11 is 0. The molecule has 1 heterocycles. The highest BCUT2D eigenvalue weighted by atomic mass is 16.2. The average Bonchev–Trinajstić information content (AvgIpc) is 3.52. The van der Waals surface area contributed by atoms with Gasteiger partial charge in [0.2, 0.25) is 11.8 Å². The van der Waals surface area contributed by atoms with E-state index < -0.39 is 0 Å². The summed E-state index contributed by atoms with van der Waals surface area (Å²) in [6.07, 6.45) is 4.45. The summed E-state index contributed by atoms with van der Waals surface area (Å²) in [5, 5.41) is 5.91. The summed E-state index contributed by atoms with van der Waals surface area (Å²) in [5.41, 5.74) is 3.31. The van der Waals surface area contributed by atoms with Crippen molar-refractivity contribution in [2.24, 2.45) is 22.7 Å². The van der Waals surface area contributed by atoms with E-state index in [1.54, 1.807) is 6.20 Å². The number of hydrogen-bond donors (Lipinski definition) is 2. The Bertz CT molecular complexity index is 852. The van der Waals surface area contributed by atoms with Crippen molar-refractivity contribution in [2.45, 2.75) is 47.0 Å². The summed E-state index contributed by atoms with van der Waals surface area (Å²) < 4.78 is 0. The number of anilines is 2. The first-order chi connectivity index (χ1) is 13.6. The number of pyridine rings is 1. The van der Waals surface area contributed by atoms with Crippen LogP contribution in [0.5, 0.6) is 0 Å². The third-order valence-corrected chi connectivity index (χ3v) is 6.37. The second-order valence-electron chi connectivity index (χ2n) is 9.89. The Morgan fingerprint density at radius 1 is 0.862 bits per heavy atom. The molecule has 152 valence electrons. The fourth-order valence-corrected chi connectivity index (χ4v) is 3.82. The van der Waals surface area contributed by atoms with Crippen molar-refractivity contribution in [1.82, 2.24) is 4.98 Å². The molecule has 0 aliphatic heterocycles. The molecule has 0 radical (unpaired) electrons. The molecule has 2 aromatic rings. The van der Waals surface area contributed by atoms with Crippen molar-refractivity contribution in [3.8, 4) is 0 Å². The minimum absolute atomic E-state index is 0.0578. The first kappa shape index (κ1) is 19.6. The molecule has 2 saturated carbocycles.